The molecule has 57 heavy (non-hydrogen) atoms. The van der Waals surface area contributed by atoms with Gasteiger partial charge in [-0.1, -0.05) is 166 Å². The van der Waals surface area contributed by atoms with Crippen molar-refractivity contribution in [3.8, 4) is 0 Å². The summed E-state index contributed by atoms with van der Waals surface area (Å²) >= 11 is 0. The topological polar surface area (TPSA) is 142 Å². The molecule has 2 amide bonds. The molecular weight excluding hydrogens is 717 g/mol. The van der Waals surface area contributed by atoms with E-state index in [1.165, 1.54) is 135 Å². The number of unbranched alkanes of at least 4 members (excludes halogenated alkanes) is 24. The lowest BCUT2D eigenvalue weighted by atomic mass is 10.0. The Bertz CT molecular complexity index is 1060. The van der Waals surface area contributed by atoms with E-state index in [-0.39, 0.29) is 30.9 Å². The number of aliphatic hydroxyl groups excluding tert-OH is 1. The first-order valence-electron chi connectivity index (χ1n) is 23.4. The third-order valence-corrected chi connectivity index (χ3v) is 10.3. The van der Waals surface area contributed by atoms with E-state index in [1.807, 2.05) is 6.08 Å². The van der Waals surface area contributed by atoms with Crippen molar-refractivity contribution in [3.05, 3.63) is 36.5 Å². The maximum atomic E-state index is 12.8. The fourth-order valence-corrected chi connectivity index (χ4v) is 6.72. The van der Waals surface area contributed by atoms with Gasteiger partial charge in [0.2, 0.25) is 11.8 Å². The van der Waals surface area contributed by atoms with E-state index in [4.69, 9.17) is 14.9 Å². The number of esters is 1. The molecule has 0 aromatic rings. The molecule has 0 aliphatic carbocycles. The molecule has 9 heteroatoms. The van der Waals surface area contributed by atoms with Crippen LogP contribution < -0.4 is 10.6 Å². The average molecular weight is 803 g/mol. The van der Waals surface area contributed by atoms with Crippen molar-refractivity contribution in [2.45, 2.75) is 231 Å². The predicted molar refractivity (Wildman–Crippen MR) is 236 cm³/mol. The maximum absolute atomic E-state index is 12.8. The number of hydrogen-bond donors (Lipinski definition) is 4. The Kier molecular flexibility index (Phi) is 40.5. The Morgan fingerprint density at radius 3 is 1.53 bits per heavy atom. The lowest BCUT2D eigenvalue weighted by molar-refractivity contribution is -0.147. The molecule has 4 N–H and O–H groups in total. The van der Waals surface area contributed by atoms with Crippen LogP contribution in [-0.2, 0) is 23.9 Å². The number of carboxylic acid groups (broad SMARTS) is 1. The Hall–Kier alpha value is -2.94. The first kappa shape index (κ1) is 54.1. The predicted octanol–water partition coefficient (Wildman–Crippen LogP) is 11.8. The number of nitrogens with one attached hydrogen (secondary N) is 2. The van der Waals surface area contributed by atoms with Crippen LogP contribution in [0.15, 0.2) is 36.5 Å². The number of carbonyl (C=O) groups excluding carboxylic acids is 3. The molecule has 0 bridgehead atoms. The Balaban J connectivity index is 4.21. The van der Waals surface area contributed by atoms with E-state index < -0.39 is 24.5 Å². The number of allylic oxidation sites excluding steroid dienone is 5. The molecule has 9 nitrogen and oxygen atoms in total. The number of rotatable bonds is 42. The zero-order chi connectivity index (χ0) is 41.9. The second kappa shape index (κ2) is 42.7. The van der Waals surface area contributed by atoms with Crippen molar-refractivity contribution in [1.82, 2.24) is 10.6 Å². The van der Waals surface area contributed by atoms with Crippen LogP contribution >= 0.6 is 0 Å². The summed E-state index contributed by atoms with van der Waals surface area (Å²) in [6, 6.07) is -1.39. The molecule has 0 aromatic carbocycles. The van der Waals surface area contributed by atoms with Gasteiger partial charge in [-0.25, -0.2) is 4.79 Å². The SMILES string of the molecule is CCCCCC/C=C\C/C=C\C(CCCCCCC(=O)NCC(=O)NC(CO)C(=O)O)OC(=O)CCCCCCCCCCC/C=C\CCCCCCCCCC. The first-order chi connectivity index (χ1) is 27.8. The summed E-state index contributed by atoms with van der Waals surface area (Å²) in [4.78, 5) is 47.6. The highest BCUT2D eigenvalue weighted by atomic mass is 16.5. The summed E-state index contributed by atoms with van der Waals surface area (Å²) in [6.07, 6.45) is 49.1. The van der Waals surface area contributed by atoms with Gasteiger partial charge in [0.1, 0.15) is 12.1 Å². The molecular formula is C48H86N2O7. The molecule has 0 saturated carbocycles. The van der Waals surface area contributed by atoms with Gasteiger partial charge in [-0.05, 0) is 76.7 Å². The van der Waals surface area contributed by atoms with Crippen molar-refractivity contribution in [3.63, 3.8) is 0 Å². The monoisotopic (exact) mass is 803 g/mol. The van der Waals surface area contributed by atoms with E-state index >= 15 is 0 Å². The quantitative estimate of drug-likeness (QED) is 0.0273. The number of aliphatic carboxylic acids is 1. The summed E-state index contributed by atoms with van der Waals surface area (Å²) in [5, 5.41) is 22.6. The second-order valence-corrected chi connectivity index (χ2v) is 15.8. The number of carbonyl (C=O) groups is 4. The molecule has 0 spiro atoms. The third-order valence-electron chi connectivity index (χ3n) is 10.3. The van der Waals surface area contributed by atoms with Gasteiger partial charge < -0.3 is 25.6 Å². The van der Waals surface area contributed by atoms with Crippen molar-refractivity contribution in [2.75, 3.05) is 13.2 Å². The Morgan fingerprint density at radius 2 is 1.00 bits per heavy atom. The minimum atomic E-state index is -1.39. The van der Waals surface area contributed by atoms with E-state index in [2.05, 4.69) is 54.9 Å². The lowest BCUT2D eigenvalue weighted by Gasteiger charge is -2.15. The first-order valence-corrected chi connectivity index (χ1v) is 23.4. The molecule has 2 atom stereocenters. The van der Waals surface area contributed by atoms with Crippen molar-refractivity contribution >= 4 is 23.8 Å². The van der Waals surface area contributed by atoms with Crippen molar-refractivity contribution in [2.24, 2.45) is 0 Å². The van der Waals surface area contributed by atoms with Crippen LogP contribution in [-0.4, -0.2) is 59.3 Å². The summed E-state index contributed by atoms with van der Waals surface area (Å²) in [6.45, 7) is 3.44. The summed E-state index contributed by atoms with van der Waals surface area (Å²) in [5.41, 5.74) is 0. The van der Waals surface area contributed by atoms with Crippen LogP contribution in [0, 0.1) is 0 Å². The average Bonchev–Trinajstić information content (AvgIpc) is 3.20. The van der Waals surface area contributed by atoms with E-state index in [0.29, 0.717) is 12.8 Å². The van der Waals surface area contributed by atoms with E-state index in [0.717, 1.165) is 51.4 Å². The molecule has 0 heterocycles. The van der Waals surface area contributed by atoms with Gasteiger partial charge in [-0.15, -0.1) is 0 Å². The molecule has 0 aliphatic heterocycles. The number of ether oxygens (including phenoxy) is 1. The van der Waals surface area contributed by atoms with Crippen LogP contribution in [0.5, 0.6) is 0 Å². The van der Waals surface area contributed by atoms with Gasteiger partial charge in [-0.3, -0.25) is 14.4 Å². The van der Waals surface area contributed by atoms with Crippen LogP contribution in [0.4, 0.5) is 0 Å². The second-order valence-electron chi connectivity index (χ2n) is 15.8. The molecule has 2 unspecified atom stereocenters. The van der Waals surface area contributed by atoms with Gasteiger partial charge in [0.05, 0.1) is 13.2 Å². The minimum Gasteiger partial charge on any atom is -0.480 e. The van der Waals surface area contributed by atoms with Crippen LogP contribution in [0.25, 0.3) is 0 Å². The molecule has 0 rings (SSSR count). The summed E-state index contributed by atoms with van der Waals surface area (Å²) < 4.78 is 5.91. The summed E-state index contributed by atoms with van der Waals surface area (Å²) in [7, 11) is 0. The van der Waals surface area contributed by atoms with Crippen molar-refractivity contribution < 1.29 is 34.1 Å². The molecule has 0 radical (unpaired) electrons. The van der Waals surface area contributed by atoms with Crippen LogP contribution in [0.3, 0.4) is 0 Å². The Labute approximate surface area is 348 Å². The van der Waals surface area contributed by atoms with Crippen molar-refractivity contribution in [1.29, 1.82) is 0 Å². The molecule has 0 aliphatic rings. The summed E-state index contributed by atoms with van der Waals surface area (Å²) in [5.74, 6) is -2.42. The fourth-order valence-electron chi connectivity index (χ4n) is 6.72. The van der Waals surface area contributed by atoms with Gasteiger partial charge in [0, 0.05) is 12.8 Å². The van der Waals surface area contributed by atoms with E-state index in [9.17, 15) is 19.2 Å². The van der Waals surface area contributed by atoms with Crippen LogP contribution in [0.2, 0.25) is 0 Å². The molecule has 0 saturated heterocycles. The van der Waals surface area contributed by atoms with Gasteiger partial charge >= 0.3 is 11.9 Å². The highest BCUT2D eigenvalue weighted by Crippen LogP contribution is 2.16. The normalized spacial score (nSPS) is 12.8. The van der Waals surface area contributed by atoms with E-state index in [1.54, 1.807) is 0 Å². The number of hydrogen-bond acceptors (Lipinski definition) is 6. The highest BCUT2D eigenvalue weighted by Gasteiger charge is 2.18. The maximum Gasteiger partial charge on any atom is 0.328 e. The minimum absolute atomic E-state index is 0.127. The smallest absolute Gasteiger partial charge is 0.328 e. The number of carboxylic acids is 1. The third kappa shape index (κ3) is 39.7. The number of aliphatic hydroxyl groups is 1. The van der Waals surface area contributed by atoms with Gasteiger partial charge in [0.25, 0.3) is 0 Å². The largest absolute Gasteiger partial charge is 0.480 e. The number of amides is 2. The fraction of sp³-hybridized carbons (Fsp3) is 0.792. The van der Waals surface area contributed by atoms with Gasteiger partial charge in [0.15, 0.2) is 0 Å². The lowest BCUT2D eigenvalue weighted by Crippen LogP contribution is -2.47. The van der Waals surface area contributed by atoms with Crippen LogP contribution in [0.1, 0.15) is 219 Å². The molecule has 0 fully saturated rings. The standard InChI is InChI=1S/C48H86N2O7/c1-3-5-7-9-11-13-14-15-16-17-18-19-20-21-22-23-24-26-28-30-36-40-47(54)57-43(37-33-29-27-25-12-10-8-6-4-2)38-34-31-32-35-39-45(52)49-41-46(53)50-44(42-51)48(55)56/h17-18,25,27,33,37,43-44,51H,3-16,19-24,26,28-32,34-36,38-42H2,1-2H3,(H,49,52)(H,50,53)(H,55,56)/b18-17-,27-25-,37-33-. The zero-order valence-corrected chi connectivity index (χ0v) is 36.6. The Morgan fingerprint density at radius 1 is 0.544 bits per heavy atom. The highest BCUT2D eigenvalue weighted by molar-refractivity contribution is 5.87. The van der Waals surface area contributed by atoms with Gasteiger partial charge in [-0.2, -0.15) is 0 Å². The molecule has 330 valence electrons. The zero-order valence-electron chi connectivity index (χ0n) is 36.6. The molecule has 0 aromatic heterocycles.